The molecule has 2 atom stereocenters. The average molecular weight is 251 g/mol. The number of hydrogen-bond acceptors (Lipinski definition) is 2. The number of fused-ring (bicyclic) bond motifs is 1. The van der Waals surface area contributed by atoms with E-state index in [0.717, 1.165) is 13.1 Å². The van der Waals surface area contributed by atoms with Gasteiger partial charge in [0.1, 0.15) is 0 Å². The molecule has 4 heteroatoms. The van der Waals surface area contributed by atoms with Crippen LogP contribution in [0.15, 0.2) is 0 Å². The fraction of sp³-hybridized carbons (Fsp3) is 0.929. The van der Waals surface area contributed by atoms with Crippen molar-refractivity contribution >= 4 is 6.03 Å². The summed E-state index contributed by atoms with van der Waals surface area (Å²) in [5.41, 5.74) is 0. The van der Waals surface area contributed by atoms with E-state index in [-0.39, 0.29) is 6.03 Å². The molecule has 3 fully saturated rings. The highest BCUT2D eigenvalue weighted by atomic mass is 16.2. The molecule has 0 spiro atoms. The summed E-state index contributed by atoms with van der Waals surface area (Å²) in [4.78, 5) is 17.0. The van der Waals surface area contributed by atoms with Crippen molar-refractivity contribution in [2.75, 3.05) is 19.6 Å². The molecule has 2 saturated heterocycles. The molecule has 0 aromatic heterocycles. The summed E-state index contributed by atoms with van der Waals surface area (Å²) >= 11 is 0. The van der Waals surface area contributed by atoms with Gasteiger partial charge in [-0.2, -0.15) is 0 Å². The van der Waals surface area contributed by atoms with Gasteiger partial charge < -0.3 is 10.2 Å². The van der Waals surface area contributed by atoms with E-state index in [1.165, 1.54) is 45.1 Å². The maximum atomic E-state index is 12.3. The lowest BCUT2D eigenvalue weighted by molar-refractivity contribution is 0.0791. The molecule has 0 aromatic carbocycles. The molecule has 3 rings (SSSR count). The van der Waals surface area contributed by atoms with E-state index in [1.807, 2.05) is 0 Å². The number of hydrogen-bond donors (Lipinski definition) is 1. The molecule has 1 N–H and O–H groups in total. The van der Waals surface area contributed by atoms with Crippen molar-refractivity contribution in [3.8, 4) is 0 Å². The summed E-state index contributed by atoms with van der Waals surface area (Å²) in [7, 11) is 0. The van der Waals surface area contributed by atoms with E-state index in [2.05, 4.69) is 22.0 Å². The van der Waals surface area contributed by atoms with Gasteiger partial charge in [-0.05, 0) is 39.2 Å². The largest absolute Gasteiger partial charge is 0.335 e. The molecular weight excluding hydrogens is 226 g/mol. The Morgan fingerprint density at radius 1 is 1.11 bits per heavy atom. The molecule has 0 aromatic rings. The molecule has 4 nitrogen and oxygen atoms in total. The summed E-state index contributed by atoms with van der Waals surface area (Å²) in [6, 6.07) is 1.60. The smallest absolute Gasteiger partial charge is 0.317 e. The van der Waals surface area contributed by atoms with Crippen molar-refractivity contribution in [3.63, 3.8) is 0 Å². The van der Waals surface area contributed by atoms with Gasteiger partial charge in [0.2, 0.25) is 0 Å². The van der Waals surface area contributed by atoms with E-state index in [4.69, 9.17) is 0 Å². The van der Waals surface area contributed by atoms with Gasteiger partial charge in [-0.25, -0.2) is 4.79 Å². The Balaban J connectivity index is 1.58. The Hall–Kier alpha value is -0.770. The van der Waals surface area contributed by atoms with E-state index < -0.39 is 0 Å². The van der Waals surface area contributed by atoms with Crippen LogP contribution in [0.25, 0.3) is 0 Å². The molecule has 1 saturated carbocycles. The zero-order valence-electron chi connectivity index (χ0n) is 11.4. The number of rotatable bonds is 1. The first-order valence-corrected chi connectivity index (χ1v) is 7.55. The minimum absolute atomic E-state index is 0.181. The van der Waals surface area contributed by atoms with Gasteiger partial charge in [-0.1, -0.05) is 12.8 Å². The zero-order valence-corrected chi connectivity index (χ0v) is 11.4. The van der Waals surface area contributed by atoms with Crippen molar-refractivity contribution in [2.45, 2.75) is 63.6 Å². The standard InChI is InChI=1S/C14H25N3O/c1-11-9-16-8-4-7-13(16)10-17(11)14(18)15-12-5-2-3-6-12/h11-13H,2-10H2,1H3,(H,15,18). The lowest BCUT2D eigenvalue weighted by atomic mass is 10.1. The molecule has 2 heterocycles. The quantitative estimate of drug-likeness (QED) is 0.771. The van der Waals surface area contributed by atoms with Gasteiger partial charge in [0.15, 0.2) is 0 Å². The van der Waals surface area contributed by atoms with Crippen LogP contribution in [0.2, 0.25) is 0 Å². The maximum Gasteiger partial charge on any atom is 0.317 e. The predicted octanol–water partition coefficient (Wildman–Crippen LogP) is 1.81. The summed E-state index contributed by atoms with van der Waals surface area (Å²) in [5, 5.41) is 3.23. The zero-order chi connectivity index (χ0) is 12.5. The van der Waals surface area contributed by atoms with Crippen molar-refractivity contribution in [3.05, 3.63) is 0 Å². The van der Waals surface area contributed by atoms with Crippen molar-refractivity contribution in [1.82, 2.24) is 15.1 Å². The van der Waals surface area contributed by atoms with Gasteiger partial charge >= 0.3 is 6.03 Å². The monoisotopic (exact) mass is 251 g/mol. The molecule has 2 aliphatic heterocycles. The van der Waals surface area contributed by atoms with Crippen LogP contribution in [-0.4, -0.2) is 53.6 Å². The van der Waals surface area contributed by atoms with Crippen molar-refractivity contribution in [2.24, 2.45) is 0 Å². The van der Waals surface area contributed by atoms with Crippen LogP contribution in [0.5, 0.6) is 0 Å². The molecule has 18 heavy (non-hydrogen) atoms. The van der Waals surface area contributed by atoms with Gasteiger partial charge in [-0.3, -0.25) is 4.90 Å². The SMILES string of the molecule is CC1CN2CCCC2CN1C(=O)NC1CCCC1. The third-order valence-electron chi connectivity index (χ3n) is 4.88. The van der Waals surface area contributed by atoms with E-state index >= 15 is 0 Å². The molecule has 0 radical (unpaired) electrons. The predicted molar refractivity (Wildman–Crippen MR) is 71.6 cm³/mol. The van der Waals surface area contributed by atoms with Gasteiger partial charge in [0.25, 0.3) is 0 Å². The second-order valence-corrected chi connectivity index (χ2v) is 6.22. The molecule has 1 aliphatic carbocycles. The Morgan fingerprint density at radius 2 is 1.89 bits per heavy atom. The molecule has 0 bridgehead atoms. The topological polar surface area (TPSA) is 35.6 Å². The Kier molecular flexibility index (Phi) is 3.46. The minimum atomic E-state index is 0.181. The fourth-order valence-corrected chi connectivity index (χ4v) is 3.80. The van der Waals surface area contributed by atoms with E-state index in [9.17, 15) is 4.79 Å². The van der Waals surface area contributed by atoms with Crippen LogP contribution in [0.3, 0.4) is 0 Å². The number of carbonyl (C=O) groups is 1. The van der Waals surface area contributed by atoms with Crippen LogP contribution in [0.4, 0.5) is 4.79 Å². The average Bonchev–Trinajstić information content (AvgIpc) is 2.98. The Labute approximate surface area is 110 Å². The van der Waals surface area contributed by atoms with Crippen molar-refractivity contribution < 1.29 is 4.79 Å². The van der Waals surface area contributed by atoms with Crippen molar-refractivity contribution in [1.29, 1.82) is 0 Å². The number of nitrogens with one attached hydrogen (secondary N) is 1. The van der Waals surface area contributed by atoms with Gasteiger partial charge in [0.05, 0.1) is 0 Å². The number of urea groups is 1. The first-order chi connectivity index (χ1) is 8.74. The number of piperazine rings is 1. The number of carbonyl (C=O) groups excluding carboxylic acids is 1. The summed E-state index contributed by atoms with van der Waals surface area (Å²) in [6.07, 6.45) is 7.45. The highest BCUT2D eigenvalue weighted by Crippen LogP contribution is 2.25. The highest BCUT2D eigenvalue weighted by molar-refractivity contribution is 5.75. The fourth-order valence-electron chi connectivity index (χ4n) is 3.80. The van der Waals surface area contributed by atoms with Crippen LogP contribution in [0.1, 0.15) is 45.4 Å². The second-order valence-electron chi connectivity index (χ2n) is 6.22. The highest BCUT2D eigenvalue weighted by Gasteiger charge is 2.36. The lowest BCUT2D eigenvalue weighted by Crippen LogP contribution is -2.59. The Bertz CT molecular complexity index is 314. The molecule has 2 amide bonds. The van der Waals surface area contributed by atoms with Crippen LogP contribution < -0.4 is 5.32 Å². The van der Waals surface area contributed by atoms with E-state index in [0.29, 0.717) is 18.1 Å². The summed E-state index contributed by atoms with van der Waals surface area (Å²) in [6.45, 7) is 5.40. The van der Waals surface area contributed by atoms with Gasteiger partial charge in [0, 0.05) is 31.2 Å². The third kappa shape index (κ3) is 2.35. The van der Waals surface area contributed by atoms with Crippen LogP contribution >= 0.6 is 0 Å². The molecule has 2 unspecified atom stereocenters. The first kappa shape index (κ1) is 12.3. The van der Waals surface area contributed by atoms with Crippen LogP contribution in [0, 0.1) is 0 Å². The lowest BCUT2D eigenvalue weighted by Gasteiger charge is -2.42. The van der Waals surface area contributed by atoms with Gasteiger partial charge in [-0.15, -0.1) is 0 Å². The molecule has 3 aliphatic rings. The first-order valence-electron chi connectivity index (χ1n) is 7.55. The second kappa shape index (κ2) is 5.08. The number of amides is 2. The summed E-state index contributed by atoms with van der Waals surface area (Å²) < 4.78 is 0. The minimum Gasteiger partial charge on any atom is -0.335 e. The maximum absolute atomic E-state index is 12.3. The normalized spacial score (nSPS) is 33.7. The molecular formula is C14H25N3O. The van der Waals surface area contributed by atoms with Crippen LogP contribution in [-0.2, 0) is 0 Å². The summed E-state index contributed by atoms with van der Waals surface area (Å²) in [5.74, 6) is 0. The number of nitrogens with zero attached hydrogens (tertiary/aromatic N) is 2. The molecule has 102 valence electrons. The third-order valence-corrected chi connectivity index (χ3v) is 4.88. The van der Waals surface area contributed by atoms with E-state index in [1.54, 1.807) is 0 Å². The Morgan fingerprint density at radius 3 is 2.67 bits per heavy atom.